The monoisotopic (exact) mass is 277 g/mol. The number of ether oxygens (including phenoxy) is 1. The van der Waals surface area contributed by atoms with Crippen LogP contribution in [0.4, 0.5) is 13.2 Å². The molecular formula is C12H14F3NO3. The van der Waals surface area contributed by atoms with Crippen LogP contribution in [-0.2, 0) is 10.9 Å². The number of hydrogen-bond donors (Lipinski definition) is 2. The summed E-state index contributed by atoms with van der Waals surface area (Å²) >= 11 is 0. The van der Waals surface area contributed by atoms with Gasteiger partial charge in [-0.05, 0) is 18.2 Å². The van der Waals surface area contributed by atoms with Gasteiger partial charge in [0, 0.05) is 19.2 Å². The number of alkyl halides is 3. The molecular weight excluding hydrogens is 263 g/mol. The summed E-state index contributed by atoms with van der Waals surface area (Å²) in [5.41, 5.74) is -1.00. The van der Waals surface area contributed by atoms with Crippen molar-refractivity contribution in [3.63, 3.8) is 0 Å². The van der Waals surface area contributed by atoms with Crippen LogP contribution in [0.25, 0.3) is 0 Å². The van der Waals surface area contributed by atoms with Gasteiger partial charge < -0.3 is 15.2 Å². The Morgan fingerprint density at radius 1 is 1.47 bits per heavy atom. The van der Waals surface area contributed by atoms with Crippen molar-refractivity contribution in [1.29, 1.82) is 0 Å². The van der Waals surface area contributed by atoms with Crippen molar-refractivity contribution >= 4 is 5.91 Å². The lowest BCUT2D eigenvalue weighted by molar-refractivity contribution is -0.137. The molecule has 0 bridgehead atoms. The van der Waals surface area contributed by atoms with Crippen LogP contribution in [0.2, 0.25) is 0 Å². The van der Waals surface area contributed by atoms with Crippen molar-refractivity contribution in [1.82, 2.24) is 5.32 Å². The van der Waals surface area contributed by atoms with Gasteiger partial charge in [-0.15, -0.1) is 0 Å². The number of amides is 1. The normalized spacial score (nSPS) is 13.1. The molecule has 0 aliphatic heterocycles. The third kappa shape index (κ3) is 4.88. The number of benzene rings is 1. The van der Waals surface area contributed by atoms with Crippen molar-refractivity contribution in [2.45, 2.75) is 12.3 Å². The fraction of sp³-hybridized carbons (Fsp3) is 0.417. The smallest absolute Gasteiger partial charge is 0.389 e. The van der Waals surface area contributed by atoms with E-state index in [0.717, 1.165) is 18.2 Å². The molecule has 0 saturated heterocycles. The van der Waals surface area contributed by atoms with Crippen LogP contribution in [0.3, 0.4) is 0 Å². The molecule has 0 heterocycles. The van der Waals surface area contributed by atoms with Crippen LogP contribution in [0, 0.1) is 0 Å². The van der Waals surface area contributed by atoms with Crippen LogP contribution >= 0.6 is 0 Å². The summed E-state index contributed by atoms with van der Waals surface area (Å²) in [6, 6.07) is 4.07. The number of nitrogens with one attached hydrogen (secondary N) is 1. The molecule has 2 N–H and O–H groups in total. The highest BCUT2D eigenvalue weighted by atomic mass is 19.4. The Kier molecular flexibility index (Phi) is 5.31. The minimum Gasteiger partial charge on any atom is -0.389 e. The van der Waals surface area contributed by atoms with Gasteiger partial charge in [-0.3, -0.25) is 4.79 Å². The molecule has 19 heavy (non-hydrogen) atoms. The van der Waals surface area contributed by atoms with Crippen LogP contribution in [0.15, 0.2) is 24.3 Å². The van der Waals surface area contributed by atoms with Crippen molar-refractivity contribution < 1.29 is 27.8 Å². The molecule has 0 aliphatic carbocycles. The zero-order chi connectivity index (χ0) is 14.5. The van der Waals surface area contributed by atoms with E-state index in [2.05, 4.69) is 10.1 Å². The maximum absolute atomic E-state index is 12.5. The summed E-state index contributed by atoms with van der Waals surface area (Å²) in [6.07, 6.45) is -5.40. The molecule has 7 heteroatoms. The molecule has 0 spiro atoms. The van der Waals surface area contributed by atoms with Gasteiger partial charge in [0.25, 0.3) is 5.91 Å². The van der Waals surface area contributed by atoms with Crippen LogP contribution < -0.4 is 5.32 Å². The molecule has 1 atom stereocenters. The molecule has 1 rings (SSSR count). The average molecular weight is 277 g/mol. The lowest BCUT2D eigenvalue weighted by Crippen LogP contribution is -2.34. The van der Waals surface area contributed by atoms with Crippen molar-refractivity contribution in [2.75, 3.05) is 20.3 Å². The highest BCUT2D eigenvalue weighted by molar-refractivity contribution is 5.94. The summed E-state index contributed by atoms with van der Waals surface area (Å²) in [4.78, 5) is 11.6. The minimum absolute atomic E-state index is 0.0306. The van der Waals surface area contributed by atoms with Gasteiger partial charge in [0.1, 0.15) is 0 Å². The standard InChI is InChI=1S/C12H14F3NO3/c1-19-7-10(17)6-16-11(18)8-3-2-4-9(5-8)12(13,14)15/h2-5,10,17H,6-7H2,1H3,(H,16,18). The van der Waals surface area contributed by atoms with E-state index in [1.807, 2.05) is 0 Å². The summed E-state index contributed by atoms with van der Waals surface area (Å²) in [6.45, 7) is -0.0637. The Morgan fingerprint density at radius 3 is 2.74 bits per heavy atom. The third-order valence-electron chi connectivity index (χ3n) is 2.31. The molecule has 0 fully saturated rings. The van der Waals surface area contributed by atoms with Gasteiger partial charge in [0.15, 0.2) is 0 Å². The fourth-order valence-electron chi connectivity index (χ4n) is 1.40. The summed E-state index contributed by atoms with van der Waals surface area (Å²) in [5, 5.41) is 11.6. The molecule has 0 aromatic heterocycles. The predicted molar refractivity (Wildman–Crippen MR) is 61.7 cm³/mol. The maximum Gasteiger partial charge on any atom is 0.416 e. The van der Waals surface area contributed by atoms with Gasteiger partial charge in [0.05, 0.1) is 18.3 Å². The van der Waals surface area contributed by atoms with E-state index in [1.165, 1.54) is 13.2 Å². The van der Waals surface area contributed by atoms with E-state index in [9.17, 15) is 23.1 Å². The molecule has 4 nitrogen and oxygen atoms in total. The topological polar surface area (TPSA) is 58.6 Å². The van der Waals surface area contributed by atoms with Gasteiger partial charge in [-0.25, -0.2) is 0 Å². The van der Waals surface area contributed by atoms with Gasteiger partial charge >= 0.3 is 6.18 Å². The van der Waals surface area contributed by atoms with E-state index < -0.39 is 23.8 Å². The Hall–Kier alpha value is -1.60. The third-order valence-corrected chi connectivity index (χ3v) is 2.31. The van der Waals surface area contributed by atoms with Crippen molar-refractivity contribution in [3.05, 3.63) is 35.4 Å². The van der Waals surface area contributed by atoms with E-state index in [-0.39, 0.29) is 18.7 Å². The first-order valence-electron chi connectivity index (χ1n) is 5.47. The molecule has 0 aliphatic rings. The first kappa shape index (κ1) is 15.5. The second kappa shape index (κ2) is 6.53. The Labute approximate surface area is 108 Å². The zero-order valence-electron chi connectivity index (χ0n) is 10.2. The number of carbonyl (C=O) groups excluding carboxylic acids is 1. The van der Waals surface area contributed by atoms with E-state index in [1.54, 1.807) is 0 Å². The SMILES string of the molecule is COCC(O)CNC(=O)c1cccc(C(F)(F)F)c1. The lowest BCUT2D eigenvalue weighted by Gasteiger charge is -2.12. The summed E-state index contributed by atoms with van der Waals surface area (Å²) in [5.74, 6) is -0.679. The molecule has 0 radical (unpaired) electrons. The van der Waals surface area contributed by atoms with Crippen LogP contribution in [0.1, 0.15) is 15.9 Å². The molecule has 0 saturated carbocycles. The molecule has 1 aromatic rings. The Bertz CT molecular complexity index is 434. The van der Waals surface area contributed by atoms with Gasteiger partial charge in [-0.2, -0.15) is 13.2 Å². The number of carbonyl (C=O) groups is 1. The van der Waals surface area contributed by atoms with Crippen molar-refractivity contribution in [2.24, 2.45) is 0 Å². The predicted octanol–water partition coefficient (Wildman–Crippen LogP) is 1.44. The van der Waals surface area contributed by atoms with Crippen LogP contribution in [0.5, 0.6) is 0 Å². The highest BCUT2D eigenvalue weighted by Crippen LogP contribution is 2.29. The van der Waals surface area contributed by atoms with E-state index >= 15 is 0 Å². The van der Waals surface area contributed by atoms with Gasteiger partial charge in [0.2, 0.25) is 0 Å². The zero-order valence-corrected chi connectivity index (χ0v) is 10.2. The number of aliphatic hydroxyl groups is 1. The number of rotatable bonds is 5. The molecule has 1 aromatic carbocycles. The number of hydrogen-bond acceptors (Lipinski definition) is 3. The summed E-state index contributed by atoms with van der Waals surface area (Å²) < 4.78 is 42.0. The number of aliphatic hydroxyl groups excluding tert-OH is 1. The highest BCUT2D eigenvalue weighted by Gasteiger charge is 2.30. The molecule has 106 valence electrons. The maximum atomic E-state index is 12.5. The molecule has 1 amide bonds. The average Bonchev–Trinajstić information content (AvgIpc) is 2.35. The Balaban J connectivity index is 2.67. The largest absolute Gasteiger partial charge is 0.416 e. The van der Waals surface area contributed by atoms with Crippen LogP contribution in [-0.4, -0.2) is 37.4 Å². The minimum atomic E-state index is -4.49. The van der Waals surface area contributed by atoms with Gasteiger partial charge in [-0.1, -0.05) is 6.07 Å². The van der Waals surface area contributed by atoms with Crippen molar-refractivity contribution in [3.8, 4) is 0 Å². The fourth-order valence-corrected chi connectivity index (χ4v) is 1.40. The number of halogens is 3. The summed E-state index contributed by atoms with van der Waals surface area (Å²) in [7, 11) is 1.39. The lowest BCUT2D eigenvalue weighted by atomic mass is 10.1. The molecule has 1 unspecified atom stereocenters. The first-order chi connectivity index (χ1) is 8.84. The second-order valence-electron chi connectivity index (χ2n) is 3.90. The van der Waals surface area contributed by atoms with E-state index in [4.69, 9.17) is 0 Å². The van der Waals surface area contributed by atoms with E-state index in [0.29, 0.717) is 0 Å². The second-order valence-corrected chi connectivity index (χ2v) is 3.90. The first-order valence-corrected chi connectivity index (χ1v) is 5.47. The number of methoxy groups -OCH3 is 1. The Morgan fingerprint density at radius 2 is 2.16 bits per heavy atom. The quantitative estimate of drug-likeness (QED) is 0.856.